The first-order valence-electron chi connectivity index (χ1n) is 5.20. The molecule has 14 heavy (non-hydrogen) atoms. The lowest BCUT2D eigenvalue weighted by atomic mass is 10.2. The summed E-state index contributed by atoms with van der Waals surface area (Å²) in [6, 6.07) is 4.97. The van der Waals surface area contributed by atoms with Crippen LogP contribution in [-0.2, 0) is 6.42 Å². The fourth-order valence-electron chi connectivity index (χ4n) is 1.46. The molecular formula is C11H18BrNS. The second-order valence-corrected chi connectivity index (χ2v) is 6.15. The van der Waals surface area contributed by atoms with E-state index in [1.54, 1.807) is 0 Å². The molecule has 1 N–H and O–H groups in total. The molecule has 1 aromatic rings. The average Bonchev–Trinajstić information content (AvgIpc) is 2.52. The molecule has 1 rings (SSSR count). The molecule has 0 aliphatic carbocycles. The molecule has 0 bridgehead atoms. The number of thiophene rings is 1. The van der Waals surface area contributed by atoms with E-state index in [4.69, 9.17) is 0 Å². The Morgan fingerprint density at radius 3 is 2.86 bits per heavy atom. The summed E-state index contributed by atoms with van der Waals surface area (Å²) in [7, 11) is 0. The lowest BCUT2D eigenvalue weighted by Gasteiger charge is -2.11. The Bertz CT molecular complexity index is 260. The van der Waals surface area contributed by atoms with Crippen LogP contribution in [-0.4, -0.2) is 12.6 Å². The van der Waals surface area contributed by atoms with E-state index in [0.29, 0.717) is 6.04 Å². The maximum Gasteiger partial charge on any atom is 0.0701 e. The first-order valence-corrected chi connectivity index (χ1v) is 6.81. The van der Waals surface area contributed by atoms with E-state index >= 15 is 0 Å². The van der Waals surface area contributed by atoms with E-state index in [1.165, 1.54) is 21.5 Å². The Morgan fingerprint density at radius 1 is 1.50 bits per heavy atom. The summed E-state index contributed by atoms with van der Waals surface area (Å²) in [4.78, 5) is 1.45. The third-order valence-corrected chi connectivity index (χ3v) is 3.90. The van der Waals surface area contributed by atoms with Gasteiger partial charge in [-0.05, 0) is 47.8 Å². The number of halogens is 1. The number of nitrogens with one attached hydrogen (secondary N) is 1. The summed E-state index contributed by atoms with van der Waals surface area (Å²) in [6.45, 7) is 5.58. The van der Waals surface area contributed by atoms with Crippen LogP contribution >= 0.6 is 27.3 Å². The quantitative estimate of drug-likeness (QED) is 0.832. The van der Waals surface area contributed by atoms with Gasteiger partial charge in [-0.15, -0.1) is 11.3 Å². The zero-order chi connectivity index (χ0) is 10.4. The first kappa shape index (κ1) is 12.2. The van der Waals surface area contributed by atoms with Gasteiger partial charge in [0.1, 0.15) is 0 Å². The molecule has 0 saturated carbocycles. The van der Waals surface area contributed by atoms with Gasteiger partial charge in [-0.1, -0.05) is 13.3 Å². The molecule has 0 spiro atoms. The summed E-state index contributed by atoms with van der Waals surface area (Å²) >= 11 is 5.31. The fraction of sp³-hybridized carbons (Fsp3) is 0.636. The summed E-state index contributed by atoms with van der Waals surface area (Å²) in [5, 5.41) is 3.53. The minimum Gasteiger partial charge on any atom is -0.314 e. The van der Waals surface area contributed by atoms with Gasteiger partial charge in [0.15, 0.2) is 0 Å². The number of hydrogen-bond donors (Lipinski definition) is 1. The second-order valence-electron chi connectivity index (χ2n) is 3.60. The third-order valence-electron chi connectivity index (χ3n) is 2.21. The molecule has 1 nitrogen and oxygen atoms in total. The van der Waals surface area contributed by atoms with Gasteiger partial charge in [-0.3, -0.25) is 0 Å². The molecule has 80 valence electrons. The van der Waals surface area contributed by atoms with Gasteiger partial charge in [0, 0.05) is 17.5 Å². The highest BCUT2D eigenvalue weighted by Gasteiger charge is 2.00. The van der Waals surface area contributed by atoms with E-state index in [9.17, 15) is 0 Å². The molecule has 0 radical (unpaired) electrons. The summed E-state index contributed by atoms with van der Waals surface area (Å²) in [5.41, 5.74) is 0. The van der Waals surface area contributed by atoms with Crippen LogP contribution in [0.5, 0.6) is 0 Å². The SMILES string of the molecule is CCCC(C)NCCc1ccc(Br)s1. The second kappa shape index (κ2) is 6.59. The monoisotopic (exact) mass is 275 g/mol. The van der Waals surface area contributed by atoms with Gasteiger partial charge in [-0.2, -0.15) is 0 Å². The van der Waals surface area contributed by atoms with Crippen molar-refractivity contribution < 1.29 is 0 Å². The Balaban J connectivity index is 2.15. The van der Waals surface area contributed by atoms with Crippen LogP contribution in [0, 0.1) is 0 Å². The molecule has 1 unspecified atom stereocenters. The Kier molecular flexibility index (Phi) is 5.75. The lowest BCUT2D eigenvalue weighted by molar-refractivity contribution is 0.513. The third kappa shape index (κ3) is 4.58. The molecule has 0 aliphatic rings. The van der Waals surface area contributed by atoms with E-state index < -0.39 is 0 Å². The van der Waals surface area contributed by atoms with Crippen molar-refractivity contribution in [2.24, 2.45) is 0 Å². The van der Waals surface area contributed by atoms with Crippen molar-refractivity contribution in [2.75, 3.05) is 6.54 Å². The van der Waals surface area contributed by atoms with Gasteiger partial charge in [0.25, 0.3) is 0 Å². The van der Waals surface area contributed by atoms with Crippen molar-refractivity contribution in [1.29, 1.82) is 0 Å². The normalized spacial score (nSPS) is 13.1. The molecule has 0 fully saturated rings. The molecule has 1 heterocycles. The van der Waals surface area contributed by atoms with Crippen molar-refractivity contribution in [2.45, 2.75) is 39.2 Å². The van der Waals surface area contributed by atoms with Crippen molar-refractivity contribution in [1.82, 2.24) is 5.32 Å². The van der Waals surface area contributed by atoms with Gasteiger partial charge in [0.2, 0.25) is 0 Å². The van der Waals surface area contributed by atoms with Crippen molar-refractivity contribution in [3.05, 3.63) is 20.8 Å². The predicted octanol–water partition coefficient (Wildman–Crippen LogP) is 3.83. The zero-order valence-corrected chi connectivity index (χ0v) is 11.2. The minimum atomic E-state index is 0.656. The molecule has 0 amide bonds. The van der Waals surface area contributed by atoms with Crippen LogP contribution in [0.1, 0.15) is 31.6 Å². The number of rotatable bonds is 6. The zero-order valence-electron chi connectivity index (χ0n) is 8.85. The Morgan fingerprint density at radius 2 is 2.29 bits per heavy atom. The molecule has 0 saturated heterocycles. The maximum absolute atomic E-state index is 3.53. The lowest BCUT2D eigenvalue weighted by Crippen LogP contribution is -2.27. The van der Waals surface area contributed by atoms with Crippen LogP contribution in [0.2, 0.25) is 0 Å². The van der Waals surface area contributed by atoms with Crippen molar-refractivity contribution >= 4 is 27.3 Å². The topological polar surface area (TPSA) is 12.0 Å². The van der Waals surface area contributed by atoms with E-state index in [2.05, 4.69) is 47.2 Å². The molecule has 0 aliphatic heterocycles. The van der Waals surface area contributed by atoms with Crippen LogP contribution in [0.15, 0.2) is 15.9 Å². The highest BCUT2D eigenvalue weighted by Crippen LogP contribution is 2.22. The molecular weight excluding hydrogens is 258 g/mol. The standard InChI is InChI=1S/C11H18BrNS/c1-3-4-9(2)13-8-7-10-5-6-11(12)14-10/h5-6,9,13H,3-4,7-8H2,1-2H3. The summed E-state index contributed by atoms with van der Waals surface area (Å²) in [6.07, 6.45) is 3.68. The molecule has 0 aromatic carbocycles. The van der Waals surface area contributed by atoms with Crippen LogP contribution in [0.3, 0.4) is 0 Å². The highest BCUT2D eigenvalue weighted by atomic mass is 79.9. The Labute approximate surface area is 99.0 Å². The maximum atomic E-state index is 3.53. The molecule has 1 aromatic heterocycles. The smallest absolute Gasteiger partial charge is 0.0701 e. The van der Waals surface area contributed by atoms with E-state index in [1.807, 2.05) is 11.3 Å². The van der Waals surface area contributed by atoms with E-state index in [-0.39, 0.29) is 0 Å². The fourth-order valence-corrected chi connectivity index (χ4v) is 2.95. The molecule has 1 atom stereocenters. The van der Waals surface area contributed by atoms with Gasteiger partial charge >= 0.3 is 0 Å². The summed E-state index contributed by atoms with van der Waals surface area (Å²) in [5.74, 6) is 0. The van der Waals surface area contributed by atoms with Crippen LogP contribution < -0.4 is 5.32 Å². The van der Waals surface area contributed by atoms with Crippen molar-refractivity contribution in [3.63, 3.8) is 0 Å². The van der Waals surface area contributed by atoms with Gasteiger partial charge < -0.3 is 5.32 Å². The summed E-state index contributed by atoms with van der Waals surface area (Å²) < 4.78 is 1.23. The highest BCUT2D eigenvalue weighted by molar-refractivity contribution is 9.11. The van der Waals surface area contributed by atoms with Crippen LogP contribution in [0.25, 0.3) is 0 Å². The minimum absolute atomic E-state index is 0.656. The van der Waals surface area contributed by atoms with Crippen LogP contribution in [0.4, 0.5) is 0 Å². The Hall–Kier alpha value is 0.140. The van der Waals surface area contributed by atoms with Gasteiger partial charge in [-0.25, -0.2) is 0 Å². The first-order chi connectivity index (χ1) is 6.72. The largest absolute Gasteiger partial charge is 0.314 e. The van der Waals surface area contributed by atoms with Gasteiger partial charge in [0.05, 0.1) is 3.79 Å². The average molecular weight is 276 g/mol. The van der Waals surface area contributed by atoms with Crippen molar-refractivity contribution in [3.8, 4) is 0 Å². The predicted molar refractivity (Wildman–Crippen MR) is 68.1 cm³/mol. The number of hydrogen-bond acceptors (Lipinski definition) is 2. The molecule has 3 heteroatoms. The van der Waals surface area contributed by atoms with E-state index in [0.717, 1.165) is 13.0 Å².